The lowest BCUT2D eigenvalue weighted by Crippen LogP contribution is -2.42. The lowest BCUT2D eigenvalue weighted by Gasteiger charge is -2.30. The summed E-state index contributed by atoms with van der Waals surface area (Å²) >= 11 is 5.99. The van der Waals surface area contributed by atoms with Crippen LogP contribution in [0.3, 0.4) is 0 Å². The Bertz CT molecular complexity index is 334. The predicted octanol–water partition coefficient (Wildman–Crippen LogP) is 3.39. The number of nitrogens with one attached hydrogen (secondary N) is 1. The first-order valence-corrected chi connectivity index (χ1v) is 6.40. The minimum Gasteiger partial charge on any atom is -0.248 e. The molecule has 1 aromatic rings. The minimum absolute atomic E-state index is 0.330. The second-order valence-corrected chi connectivity index (χ2v) is 4.89. The van der Waals surface area contributed by atoms with Gasteiger partial charge in [-0.25, -0.2) is 10.4 Å². The topological polar surface area (TPSA) is 15.3 Å². The highest BCUT2D eigenvalue weighted by molar-refractivity contribution is 6.30. The van der Waals surface area contributed by atoms with Crippen molar-refractivity contribution < 1.29 is 0 Å². The molecule has 1 N–H and O–H groups in total. The molecule has 2 nitrogen and oxygen atoms in total. The fraction of sp³-hybridized carbons (Fsp3) is 0.538. The number of nitrogens with zero attached hydrogens (tertiary/aromatic N) is 1. The zero-order valence-corrected chi connectivity index (χ0v) is 10.5. The maximum Gasteiger partial charge on any atom is 0.0437 e. The minimum atomic E-state index is 0.330. The van der Waals surface area contributed by atoms with Gasteiger partial charge in [0.2, 0.25) is 0 Å². The summed E-state index contributed by atoms with van der Waals surface area (Å²) in [4.78, 5) is 0. The van der Waals surface area contributed by atoms with E-state index in [0.717, 1.165) is 18.1 Å². The molecule has 2 rings (SSSR count). The van der Waals surface area contributed by atoms with Crippen LogP contribution in [0.15, 0.2) is 24.3 Å². The van der Waals surface area contributed by atoms with Crippen LogP contribution in [0.25, 0.3) is 0 Å². The van der Waals surface area contributed by atoms with Gasteiger partial charge in [-0.1, -0.05) is 30.2 Å². The quantitative estimate of drug-likeness (QED) is 0.869. The van der Waals surface area contributed by atoms with Crippen molar-refractivity contribution in [3.63, 3.8) is 0 Å². The zero-order chi connectivity index (χ0) is 11.4. The molecule has 1 aromatic carbocycles. The predicted molar refractivity (Wildman–Crippen MR) is 68.4 cm³/mol. The van der Waals surface area contributed by atoms with Gasteiger partial charge in [-0.15, -0.1) is 0 Å². The average Bonchev–Trinajstić information content (AvgIpc) is 2.30. The maximum atomic E-state index is 5.99. The Morgan fingerprint density at radius 1 is 1.25 bits per heavy atom. The number of hydrogen-bond acceptors (Lipinski definition) is 2. The molecule has 0 radical (unpaired) electrons. The Labute approximate surface area is 103 Å². The normalized spacial score (nSPS) is 19.6. The van der Waals surface area contributed by atoms with Crippen LogP contribution in [0.1, 0.15) is 37.8 Å². The van der Waals surface area contributed by atoms with E-state index in [1.807, 2.05) is 18.2 Å². The van der Waals surface area contributed by atoms with Gasteiger partial charge >= 0.3 is 0 Å². The van der Waals surface area contributed by atoms with E-state index in [4.69, 9.17) is 11.6 Å². The van der Waals surface area contributed by atoms with Crippen LogP contribution >= 0.6 is 11.6 Å². The van der Waals surface area contributed by atoms with E-state index in [2.05, 4.69) is 23.4 Å². The molecule has 1 aliphatic rings. The number of piperidine rings is 1. The van der Waals surface area contributed by atoms with E-state index < -0.39 is 0 Å². The van der Waals surface area contributed by atoms with E-state index >= 15 is 0 Å². The van der Waals surface area contributed by atoms with Crippen LogP contribution in [0, 0.1) is 0 Å². The Balaban J connectivity index is 1.94. The van der Waals surface area contributed by atoms with Crippen molar-refractivity contribution in [3.05, 3.63) is 34.9 Å². The van der Waals surface area contributed by atoms with E-state index in [1.165, 1.54) is 24.8 Å². The second-order valence-electron chi connectivity index (χ2n) is 4.45. The molecule has 0 saturated carbocycles. The summed E-state index contributed by atoms with van der Waals surface area (Å²) in [5.41, 5.74) is 4.79. The van der Waals surface area contributed by atoms with Crippen molar-refractivity contribution in [3.8, 4) is 0 Å². The van der Waals surface area contributed by atoms with E-state index in [9.17, 15) is 0 Å². The van der Waals surface area contributed by atoms with Gasteiger partial charge in [0.15, 0.2) is 0 Å². The summed E-state index contributed by atoms with van der Waals surface area (Å²) in [6.45, 7) is 4.50. The van der Waals surface area contributed by atoms with Crippen molar-refractivity contribution in [2.24, 2.45) is 0 Å². The van der Waals surface area contributed by atoms with Gasteiger partial charge in [0.05, 0.1) is 0 Å². The van der Waals surface area contributed by atoms with Crippen LogP contribution in [-0.4, -0.2) is 18.1 Å². The van der Waals surface area contributed by atoms with Crippen LogP contribution in [0.5, 0.6) is 0 Å². The SMILES string of the molecule is CC(NN1CCCCC1)c1cccc(Cl)c1. The van der Waals surface area contributed by atoms with Crippen LogP contribution < -0.4 is 5.43 Å². The van der Waals surface area contributed by atoms with Crippen molar-refractivity contribution in [1.29, 1.82) is 0 Å². The average molecular weight is 239 g/mol. The summed E-state index contributed by atoms with van der Waals surface area (Å²) < 4.78 is 0. The van der Waals surface area contributed by atoms with Crippen molar-refractivity contribution >= 4 is 11.6 Å². The van der Waals surface area contributed by atoms with Gasteiger partial charge in [0.1, 0.15) is 0 Å². The van der Waals surface area contributed by atoms with E-state index in [0.29, 0.717) is 6.04 Å². The Hall–Kier alpha value is -0.570. The van der Waals surface area contributed by atoms with Crippen LogP contribution in [-0.2, 0) is 0 Å². The van der Waals surface area contributed by atoms with E-state index in [1.54, 1.807) is 0 Å². The van der Waals surface area contributed by atoms with Gasteiger partial charge < -0.3 is 0 Å². The van der Waals surface area contributed by atoms with Crippen molar-refractivity contribution in [2.75, 3.05) is 13.1 Å². The second kappa shape index (κ2) is 5.67. The molecule has 1 atom stereocenters. The number of hydrazine groups is 1. The monoisotopic (exact) mass is 238 g/mol. The third-order valence-electron chi connectivity index (χ3n) is 3.08. The van der Waals surface area contributed by atoms with Crippen LogP contribution in [0.4, 0.5) is 0 Å². The lowest BCUT2D eigenvalue weighted by atomic mass is 10.1. The molecule has 0 aromatic heterocycles. The number of halogens is 1. The molecule has 1 unspecified atom stereocenters. The first-order valence-electron chi connectivity index (χ1n) is 6.02. The Morgan fingerprint density at radius 3 is 2.69 bits per heavy atom. The number of hydrogen-bond donors (Lipinski definition) is 1. The molecular formula is C13H19ClN2. The van der Waals surface area contributed by atoms with Gasteiger partial charge in [-0.3, -0.25) is 0 Å². The first kappa shape index (κ1) is 11.9. The molecule has 3 heteroatoms. The summed E-state index contributed by atoms with van der Waals surface area (Å²) in [7, 11) is 0. The van der Waals surface area contributed by atoms with Gasteiger partial charge in [-0.2, -0.15) is 0 Å². The first-order chi connectivity index (χ1) is 7.75. The molecule has 1 fully saturated rings. The van der Waals surface area contributed by atoms with Gasteiger partial charge in [0.25, 0.3) is 0 Å². The molecule has 88 valence electrons. The molecule has 0 amide bonds. The fourth-order valence-electron chi connectivity index (χ4n) is 2.15. The molecule has 1 saturated heterocycles. The molecule has 1 heterocycles. The zero-order valence-electron chi connectivity index (χ0n) is 9.75. The third kappa shape index (κ3) is 3.21. The summed E-state index contributed by atoms with van der Waals surface area (Å²) in [6, 6.07) is 8.40. The molecule has 0 aliphatic carbocycles. The summed E-state index contributed by atoms with van der Waals surface area (Å²) in [6.07, 6.45) is 3.97. The van der Waals surface area contributed by atoms with E-state index in [-0.39, 0.29) is 0 Å². The molecule has 16 heavy (non-hydrogen) atoms. The third-order valence-corrected chi connectivity index (χ3v) is 3.32. The highest BCUT2D eigenvalue weighted by Gasteiger charge is 2.13. The Kier molecular flexibility index (Phi) is 4.22. The maximum absolute atomic E-state index is 5.99. The van der Waals surface area contributed by atoms with Crippen molar-refractivity contribution in [1.82, 2.24) is 10.4 Å². The molecular weight excluding hydrogens is 220 g/mol. The number of benzene rings is 1. The lowest BCUT2D eigenvalue weighted by molar-refractivity contribution is 0.133. The highest BCUT2D eigenvalue weighted by atomic mass is 35.5. The summed E-state index contributed by atoms with van der Waals surface area (Å²) in [5.74, 6) is 0. The van der Waals surface area contributed by atoms with Gasteiger partial charge in [-0.05, 0) is 37.5 Å². The van der Waals surface area contributed by atoms with Crippen molar-refractivity contribution in [2.45, 2.75) is 32.2 Å². The Morgan fingerprint density at radius 2 is 2.00 bits per heavy atom. The van der Waals surface area contributed by atoms with Crippen LogP contribution in [0.2, 0.25) is 5.02 Å². The highest BCUT2D eigenvalue weighted by Crippen LogP contribution is 2.18. The largest absolute Gasteiger partial charge is 0.248 e. The standard InChI is InChI=1S/C13H19ClN2/c1-11(12-6-5-7-13(14)10-12)15-16-8-3-2-4-9-16/h5-7,10-11,15H,2-4,8-9H2,1H3. The molecule has 0 bridgehead atoms. The summed E-state index contributed by atoms with van der Waals surface area (Å²) in [5, 5.41) is 3.14. The smallest absolute Gasteiger partial charge is 0.0437 e. The number of rotatable bonds is 3. The molecule has 1 aliphatic heterocycles. The fourth-order valence-corrected chi connectivity index (χ4v) is 2.35. The molecule has 0 spiro atoms. The van der Waals surface area contributed by atoms with Gasteiger partial charge in [0, 0.05) is 24.2 Å².